The van der Waals surface area contributed by atoms with E-state index < -0.39 is 0 Å². The Morgan fingerprint density at radius 3 is 2.48 bits per heavy atom. The van der Waals surface area contributed by atoms with E-state index in [1.54, 1.807) is 30.5 Å². The molecule has 4 nitrogen and oxygen atoms in total. The molecular weight excluding hydrogens is 506 g/mol. The summed E-state index contributed by atoms with van der Waals surface area (Å²) in [5.74, 6) is 0.0445. The molecule has 6 heteroatoms. The SMILES string of the molecule is O=C(N/N=C\c1c(OCc2ccc(F)cc2)ccc2ccccc12)c1ccc(I)cc1. The van der Waals surface area contributed by atoms with Crippen LogP contribution in [0.5, 0.6) is 5.75 Å². The standard InChI is InChI=1S/C25H18FIN2O2/c26-20-10-5-17(6-11-20)16-31-24-14-9-18-3-1-2-4-22(18)23(24)15-28-29-25(30)19-7-12-21(27)13-8-19/h1-15H,16H2,(H,29,30)/b28-15-. The average molecular weight is 524 g/mol. The Labute approximate surface area is 192 Å². The van der Waals surface area contributed by atoms with Crippen molar-refractivity contribution in [1.29, 1.82) is 0 Å². The molecule has 0 saturated carbocycles. The van der Waals surface area contributed by atoms with Gasteiger partial charge in [-0.3, -0.25) is 4.79 Å². The Bertz CT molecular complexity index is 1240. The molecule has 4 aromatic rings. The third-order valence-electron chi connectivity index (χ3n) is 4.70. The second-order valence-corrected chi connectivity index (χ2v) is 8.07. The van der Waals surface area contributed by atoms with Gasteiger partial charge in [0.1, 0.15) is 18.2 Å². The summed E-state index contributed by atoms with van der Waals surface area (Å²) in [7, 11) is 0. The minimum atomic E-state index is -0.290. The zero-order valence-corrected chi connectivity index (χ0v) is 18.5. The summed E-state index contributed by atoms with van der Waals surface area (Å²) in [4.78, 5) is 12.3. The van der Waals surface area contributed by atoms with Crippen LogP contribution in [0.1, 0.15) is 21.5 Å². The quantitative estimate of drug-likeness (QED) is 0.193. The lowest BCUT2D eigenvalue weighted by Gasteiger charge is -2.12. The van der Waals surface area contributed by atoms with E-state index in [1.165, 1.54) is 12.1 Å². The maximum Gasteiger partial charge on any atom is 0.271 e. The second-order valence-electron chi connectivity index (χ2n) is 6.82. The number of rotatable bonds is 6. The Morgan fingerprint density at radius 1 is 0.968 bits per heavy atom. The molecule has 0 fully saturated rings. The van der Waals surface area contributed by atoms with Crippen LogP contribution in [-0.4, -0.2) is 12.1 Å². The van der Waals surface area contributed by atoms with Crippen molar-refractivity contribution in [2.45, 2.75) is 6.61 Å². The number of fused-ring (bicyclic) bond motifs is 1. The number of amides is 1. The fourth-order valence-corrected chi connectivity index (χ4v) is 3.46. The molecule has 4 aromatic carbocycles. The van der Waals surface area contributed by atoms with Crippen molar-refractivity contribution in [1.82, 2.24) is 5.43 Å². The molecule has 154 valence electrons. The van der Waals surface area contributed by atoms with Crippen LogP contribution < -0.4 is 10.2 Å². The van der Waals surface area contributed by atoms with Crippen molar-refractivity contribution in [2.75, 3.05) is 0 Å². The summed E-state index contributed by atoms with van der Waals surface area (Å²) in [5.41, 5.74) is 4.70. The van der Waals surface area contributed by atoms with Gasteiger partial charge in [0.2, 0.25) is 0 Å². The smallest absolute Gasteiger partial charge is 0.271 e. The van der Waals surface area contributed by atoms with Gasteiger partial charge in [0.05, 0.1) is 6.21 Å². The van der Waals surface area contributed by atoms with E-state index in [0.29, 0.717) is 11.3 Å². The van der Waals surface area contributed by atoms with E-state index in [9.17, 15) is 9.18 Å². The number of nitrogens with zero attached hydrogens (tertiary/aromatic N) is 1. The predicted molar refractivity (Wildman–Crippen MR) is 129 cm³/mol. The van der Waals surface area contributed by atoms with Crippen LogP contribution in [0, 0.1) is 9.39 Å². The molecule has 0 aliphatic carbocycles. The molecule has 1 amide bonds. The molecule has 0 aliphatic rings. The summed E-state index contributed by atoms with van der Waals surface area (Å²) in [6.45, 7) is 0.286. The van der Waals surface area contributed by atoms with Crippen molar-refractivity contribution >= 4 is 45.5 Å². The molecule has 0 heterocycles. The van der Waals surface area contributed by atoms with Gasteiger partial charge in [-0.15, -0.1) is 0 Å². The highest BCUT2D eigenvalue weighted by atomic mass is 127. The first kappa shape index (κ1) is 21.0. The summed E-state index contributed by atoms with van der Waals surface area (Å²) in [6, 6.07) is 25.1. The minimum absolute atomic E-state index is 0.286. The number of ether oxygens (including phenoxy) is 1. The third-order valence-corrected chi connectivity index (χ3v) is 5.42. The number of halogens is 2. The first-order valence-electron chi connectivity index (χ1n) is 9.58. The maximum absolute atomic E-state index is 13.1. The van der Waals surface area contributed by atoms with E-state index in [2.05, 4.69) is 33.1 Å². The van der Waals surface area contributed by atoms with Crippen LogP contribution in [0.3, 0.4) is 0 Å². The van der Waals surface area contributed by atoms with Gasteiger partial charge in [-0.2, -0.15) is 5.10 Å². The Kier molecular flexibility index (Phi) is 6.57. The van der Waals surface area contributed by atoms with Gasteiger partial charge in [-0.25, -0.2) is 9.82 Å². The third kappa shape index (κ3) is 5.27. The van der Waals surface area contributed by atoms with Gasteiger partial charge in [0.15, 0.2) is 0 Å². The molecule has 0 aliphatic heterocycles. The van der Waals surface area contributed by atoms with Gasteiger partial charge >= 0.3 is 0 Å². The molecule has 0 saturated heterocycles. The molecule has 1 N–H and O–H groups in total. The number of hydrogen-bond donors (Lipinski definition) is 1. The highest BCUT2D eigenvalue weighted by Crippen LogP contribution is 2.27. The van der Waals surface area contributed by atoms with Crippen molar-refractivity contribution < 1.29 is 13.9 Å². The summed E-state index contributed by atoms with van der Waals surface area (Å²) >= 11 is 2.19. The van der Waals surface area contributed by atoms with E-state index >= 15 is 0 Å². The lowest BCUT2D eigenvalue weighted by molar-refractivity contribution is 0.0955. The van der Waals surface area contributed by atoms with Gasteiger partial charge in [-0.05, 0) is 81.4 Å². The van der Waals surface area contributed by atoms with Crippen LogP contribution in [0.25, 0.3) is 10.8 Å². The van der Waals surface area contributed by atoms with Crippen LogP contribution in [-0.2, 0) is 6.61 Å². The van der Waals surface area contributed by atoms with Crippen LogP contribution in [0.15, 0.2) is 90.0 Å². The Morgan fingerprint density at radius 2 is 1.71 bits per heavy atom. The number of hydrogen-bond acceptors (Lipinski definition) is 3. The first-order chi connectivity index (χ1) is 15.1. The van der Waals surface area contributed by atoms with Crippen molar-refractivity contribution in [3.05, 3.63) is 111 Å². The van der Waals surface area contributed by atoms with Gasteiger partial charge in [-0.1, -0.05) is 42.5 Å². The summed E-state index contributed by atoms with van der Waals surface area (Å²) in [6.07, 6.45) is 1.59. The van der Waals surface area contributed by atoms with Crippen molar-refractivity contribution in [3.8, 4) is 5.75 Å². The largest absolute Gasteiger partial charge is 0.488 e. The average Bonchev–Trinajstić information content (AvgIpc) is 2.79. The predicted octanol–water partition coefficient (Wildman–Crippen LogP) is 5.93. The van der Waals surface area contributed by atoms with E-state index in [4.69, 9.17) is 4.74 Å². The van der Waals surface area contributed by atoms with Crippen LogP contribution in [0.4, 0.5) is 4.39 Å². The van der Waals surface area contributed by atoms with Gasteiger partial charge in [0.25, 0.3) is 5.91 Å². The zero-order valence-electron chi connectivity index (χ0n) is 16.4. The van der Waals surface area contributed by atoms with E-state index in [-0.39, 0.29) is 18.3 Å². The number of benzene rings is 4. The molecule has 0 radical (unpaired) electrons. The molecule has 4 rings (SSSR count). The molecule has 0 unspecified atom stereocenters. The summed E-state index contributed by atoms with van der Waals surface area (Å²) in [5, 5.41) is 6.14. The van der Waals surface area contributed by atoms with E-state index in [0.717, 1.165) is 25.5 Å². The van der Waals surface area contributed by atoms with Gasteiger partial charge in [0, 0.05) is 14.7 Å². The second kappa shape index (κ2) is 9.70. The number of hydrazone groups is 1. The number of nitrogens with one attached hydrogen (secondary N) is 1. The Hall–Kier alpha value is -3.26. The minimum Gasteiger partial charge on any atom is -0.488 e. The zero-order chi connectivity index (χ0) is 21.6. The van der Waals surface area contributed by atoms with Crippen LogP contribution in [0.2, 0.25) is 0 Å². The fourth-order valence-electron chi connectivity index (χ4n) is 3.10. The lowest BCUT2D eigenvalue weighted by atomic mass is 10.0. The molecular formula is C25H18FIN2O2. The van der Waals surface area contributed by atoms with E-state index in [1.807, 2.05) is 48.5 Å². The lowest BCUT2D eigenvalue weighted by Crippen LogP contribution is -2.17. The molecule has 31 heavy (non-hydrogen) atoms. The molecule has 0 aromatic heterocycles. The van der Waals surface area contributed by atoms with Crippen molar-refractivity contribution in [2.24, 2.45) is 5.10 Å². The number of carbonyl (C=O) groups is 1. The first-order valence-corrected chi connectivity index (χ1v) is 10.7. The highest BCUT2D eigenvalue weighted by molar-refractivity contribution is 14.1. The monoisotopic (exact) mass is 524 g/mol. The Balaban J connectivity index is 1.57. The maximum atomic E-state index is 13.1. The fraction of sp³-hybridized carbons (Fsp3) is 0.0400. The normalized spacial score (nSPS) is 11.0. The topological polar surface area (TPSA) is 50.7 Å². The summed E-state index contributed by atoms with van der Waals surface area (Å²) < 4.78 is 20.2. The molecule has 0 atom stereocenters. The number of carbonyl (C=O) groups excluding carboxylic acids is 1. The highest BCUT2D eigenvalue weighted by Gasteiger charge is 2.09. The molecule has 0 bridgehead atoms. The van der Waals surface area contributed by atoms with Crippen LogP contribution >= 0.6 is 22.6 Å². The molecule has 0 spiro atoms. The van der Waals surface area contributed by atoms with Crippen molar-refractivity contribution in [3.63, 3.8) is 0 Å². The van der Waals surface area contributed by atoms with Gasteiger partial charge < -0.3 is 4.74 Å².